The van der Waals surface area contributed by atoms with Crippen LogP contribution in [-0.4, -0.2) is 0 Å². The maximum absolute atomic E-state index is 5.54. The summed E-state index contributed by atoms with van der Waals surface area (Å²) in [6, 6.07) is 0. The normalized spacial score (nSPS) is 22.7. The van der Waals surface area contributed by atoms with E-state index < -0.39 is 0 Å². The first kappa shape index (κ1) is 9.28. The summed E-state index contributed by atoms with van der Waals surface area (Å²) >= 11 is 0. The minimum atomic E-state index is 0.639. The molecule has 0 saturated heterocycles. The van der Waals surface area contributed by atoms with Crippen molar-refractivity contribution in [2.24, 2.45) is 11.7 Å². The van der Waals surface area contributed by atoms with Crippen LogP contribution in [0.25, 0.3) is 0 Å². The monoisotopic (exact) mass is 139 g/mol. The van der Waals surface area contributed by atoms with Gasteiger partial charge < -0.3 is 5.73 Å². The maximum Gasteiger partial charge on any atom is 0.00861 e. The molecule has 2 N–H and O–H groups in total. The van der Waals surface area contributed by atoms with Gasteiger partial charge in [0.25, 0.3) is 0 Å². The molecule has 1 aliphatic carbocycles. The average molecular weight is 139 g/mol. The first-order valence-electron chi connectivity index (χ1n) is 3.92. The topological polar surface area (TPSA) is 26.0 Å². The highest BCUT2D eigenvalue weighted by atomic mass is 14.6. The zero-order chi connectivity index (χ0) is 7.98. The van der Waals surface area contributed by atoms with E-state index in [2.05, 4.69) is 13.0 Å². The predicted octanol–water partition coefficient (Wildman–Crippen LogP) is 2.45. The van der Waals surface area contributed by atoms with Gasteiger partial charge in [-0.25, -0.2) is 0 Å². The Labute approximate surface area is 63.6 Å². The number of hydrogen-bond acceptors (Lipinski definition) is 1. The van der Waals surface area contributed by atoms with Crippen LogP contribution in [0.15, 0.2) is 23.9 Å². The highest BCUT2D eigenvalue weighted by molar-refractivity contribution is 5.16. The number of nitrogens with two attached hydrogens (primary N) is 1. The van der Waals surface area contributed by atoms with Gasteiger partial charge in [0, 0.05) is 5.70 Å². The van der Waals surface area contributed by atoms with Crippen LogP contribution in [-0.2, 0) is 0 Å². The van der Waals surface area contributed by atoms with Crippen molar-refractivity contribution in [3.05, 3.63) is 23.9 Å². The van der Waals surface area contributed by atoms with Crippen LogP contribution < -0.4 is 5.73 Å². The predicted molar refractivity (Wildman–Crippen MR) is 46.5 cm³/mol. The van der Waals surface area contributed by atoms with E-state index in [9.17, 15) is 0 Å². The summed E-state index contributed by atoms with van der Waals surface area (Å²) in [5, 5.41) is 0. The Balaban J connectivity index is 0.000000371. The second-order valence-electron chi connectivity index (χ2n) is 2.31. The van der Waals surface area contributed by atoms with Gasteiger partial charge in [0.2, 0.25) is 0 Å². The largest absolute Gasteiger partial charge is 0.402 e. The average Bonchev–Trinajstić information content (AvgIpc) is 1.91. The Hall–Kier alpha value is -0.720. The van der Waals surface area contributed by atoms with E-state index in [-0.39, 0.29) is 0 Å². The fourth-order valence-electron chi connectivity index (χ4n) is 0.877. The van der Waals surface area contributed by atoms with Gasteiger partial charge in [-0.15, -0.1) is 0 Å². The first-order valence-corrected chi connectivity index (χ1v) is 3.92. The van der Waals surface area contributed by atoms with E-state index in [0.29, 0.717) is 5.92 Å². The van der Waals surface area contributed by atoms with Gasteiger partial charge in [-0.2, -0.15) is 0 Å². The maximum atomic E-state index is 5.54. The van der Waals surface area contributed by atoms with Crippen LogP contribution in [0.4, 0.5) is 0 Å². The van der Waals surface area contributed by atoms with Crippen molar-refractivity contribution < 1.29 is 0 Å². The lowest BCUT2D eigenvalue weighted by molar-refractivity contribution is 0.701. The summed E-state index contributed by atoms with van der Waals surface area (Å²) in [6.45, 7) is 6.16. The molecule has 0 aromatic heterocycles. The van der Waals surface area contributed by atoms with Crippen molar-refractivity contribution in [2.75, 3.05) is 0 Å². The lowest BCUT2D eigenvalue weighted by Crippen LogP contribution is -2.04. The van der Waals surface area contributed by atoms with Gasteiger partial charge in [-0.05, 0) is 18.4 Å². The molecule has 1 unspecified atom stereocenters. The molecule has 10 heavy (non-hydrogen) atoms. The molecule has 0 radical (unpaired) electrons. The summed E-state index contributed by atoms with van der Waals surface area (Å²) in [4.78, 5) is 0. The molecule has 0 fully saturated rings. The molecule has 1 heteroatoms. The van der Waals surface area contributed by atoms with Crippen molar-refractivity contribution in [1.82, 2.24) is 0 Å². The van der Waals surface area contributed by atoms with Crippen molar-refractivity contribution in [3.63, 3.8) is 0 Å². The summed E-state index contributed by atoms with van der Waals surface area (Å²) in [5.74, 6) is 0.639. The fraction of sp³-hybridized carbons (Fsp3) is 0.556. The smallest absolute Gasteiger partial charge is 0.00861 e. The van der Waals surface area contributed by atoms with Gasteiger partial charge >= 0.3 is 0 Å². The van der Waals surface area contributed by atoms with E-state index in [1.165, 1.54) is 0 Å². The third kappa shape index (κ3) is 3.33. The zero-order valence-corrected chi connectivity index (χ0v) is 7.09. The summed E-state index contributed by atoms with van der Waals surface area (Å²) < 4.78 is 0. The van der Waals surface area contributed by atoms with Crippen LogP contribution >= 0.6 is 0 Å². The Morgan fingerprint density at radius 3 is 2.40 bits per heavy atom. The number of hydrogen-bond donors (Lipinski definition) is 1. The second-order valence-corrected chi connectivity index (χ2v) is 2.31. The van der Waals surface area contributed by atoms with Gasteiger partial charge in [0.05, 0.1) is 0 Å². The van der Waals surface area contributed by atoms with Crippen molar-refractivity contribution in [2.45, 2.75) is 27.2 Å². The molecule has 1 aliphatic rings. The Morgan fingerprint density at radius 1 is 1.50 bits per heavy atom. The van der Waals surface area contributed by atoms with E-state index in [1.807, 2.05) is 26.0 Å². The minimum Gasteiger partial charge on any atom is -0.402 e. The molecule has 0 aliphatic heterocycles. The molecular formula is C9H17N. The highest BCUT2D eigenvalue weighted by Gasteiger charge is 2.00. The molecule has 0 aromatic carbocycles. The summed E-state index contributed by atoms with van der Waals surface area (Å²) in [6.07, 6.45) is 7.16. The van der Waals surface area contributed by atoms with Gasteiger partial charge in [0.1, 0.15) is 0 Å². The zero-order valence-electron chi connectivity index (χ0n) is 7.09. The lowest BCUT2D eigenvalue weighted by atomic mass is 10.0. The molecule has 0 saturated carbocycles. The van der Waals surface area contributed by atoms with E-state index >= 15 is 0 Å². The SMILES string of the molecule is CC.CC1C=CC=C(N)C1. The van der Waals surface area contributed by atoms with Crippen molar-refractivity contribution >= 4 is 0 Å². The quantitative estimate of drug-likeness (QED) is 0.548. The second kappa shape index (κ2) is 5.10. The molecule has 1 rings (SSSR count). The molecule has 58 valence electrons. The highest BCUT2D eigenvalue weighted by Crippen LogP contribution is 2.12. The molecule has 0 amide bonds. The molecule has 0 spiro atoms. The Bertz CT molecular complexity index is 134. The Morgan fingerprint density at radius 2 is 2.10 bits per heavy atom. The Kier molecular flexibility index (Phi) is 4.73. The first-order chi connectivity index (χ1) is 4.79. The van der Waals surface area contributed by atoms with Crippen LogP contribution in [0.2, 0.25) is 0 Å². The van der Waals surface area contributed by atoms with Crippen LogP contribution in [0.1, 0.15) is 27.2 Å². The van der Waals surface area contributed by atoms with Crippen LogP contribution in [0.5, 0.6) is 0 Å². The van der Waals surface area contributed by atoms with Gasteiger partial charge in [-0.1, -0.05) is 32.9 Å². The summed E-state index contributed by atoms with van der Waals surface area (Å²) in [5.41, 5.74) is 6.54. The third-order valence-corrected chi connectivity index (χ3v) is 1.31. The standard InChI is InChI=1S/C7H11N.C2H6/c1-6-3-2-4-7(8)5-6;1-2/h2-4,6H,5,8H2,1H3;1-2H3. The molecular weight excluding hydrogens is 122 g/mol. The molecule has 0 bridgehead atoms. The van der Waals surface area contributed by atoms with Crippen LogP contribution in [0.3, 0.4) is 0 Å². The molecule has 0 aromatic rings. The van der Waals surface area contributed by atoms with E-state index in [4.69, 9.17) is 5.73 Å². The third-order valence-electron chi connectivity index (χ3n) is 1.31. The number of allylic oxidation sites excluding steroid dienone is 4. The van der Waals surface area contributed by atoms with Crippen molar-refractivity contribution in [3.8, 4) is 0 Å². The minimum absolute atomic E-state index is 0.639. The lowest BCUT2D eigenvalue weighted by Gasteiger charge is -2.08. The fourth-order valence-corrected chi connectivity index (χ4v) is 0.877. The van der Waals surface area contributed by atoms with Crippen molar-refractivity contribution in [1.29, 1.82) is 0 Å². The summed E-state index contributed by atoms with van der Waals surface area (Å²) in [7, 11) is 0. The molecule has 1 atom stereocenters. The number of rotatable bonds is 0. The molecule has 0 heterocycles. The van der Waals surface area contributed by atoms with E-state index in [1.54, 1.807) is 0 Å². The van der Waals surface area contributed by atoms with Gasteiger partial charge in [-0.3, -0.25) is 0 Å². The van der Waals surface area contributed by atoms with Crippen LogP contribution in [0, 0.1) is 5.92 Å². The van der Waals surface area contributed by atoms with E-state index in [0.717, 1.165) is 12.1 Å². The molecule has 1 nitrogen and oxygen atoms in total. The van der Waals surface area contributed by atoms with Gasteiger partial charge in [0.15, 0.2) is 0 Å².